The SMILES string of the molecule is CNC(=O)[C@H](Cc1cccc(Br)c1)NC(=O)c1cc(-c2cccc(C)c2)n[nH]1. The minimum Gasteiger partial charge on any atom is -0.357 e. The highest BCUT2D eigenvalue weighted by Gasteiger charge is 2.22. The number of benzene rings is 2. The number of aryl methyl sites for hydroxylation is 1. The maximum atomic E-state index is 12.7. The number of H-pyrrole nitrogens is 1. The molecule has 7 heteroatoms. The van der Waals surface area contributed by atoms with E-state index in [1.54, 1.807) is 13.1 Å². The molecule has 2 aromatic carbocycles. The van der Waals surface area contributed by atoms with Crippen LogP contribution in [-0.2, 0) is 11.2 Å². The van der Waals surface area contributed by atoms with Gasteiger partial charge < -0.3 is 10.6 Å². The summed E-state index contributed by atoms with van der Waals surface area (Å²) < 4.78 is 0.920. The molecule has 0 radical (unpaired) electrons. The van der Waals surface area contributed by atoms with Crippen molar-refractivity contribution in [3.8, 4) is 11.3 Å². The Hall–Kier alpha value is -2.93. The summed E-state index contributed by atoms with van der Waals surface area (Å²) in [6.07, 6.45) is 0.379. The molecule has 0 bridgehead atoms. The molecule has 0 saturated heterocycles. The van der Waals surface area contributed by atoms with Crippen molar-refractivity contribution in [3.05, 3.63) is 75.9 Å². The Bertz CT molecular complexity index is 999. The van der Waals surface area contributed by atoms with Gasteiger partial charge in [0.05, 0.1) is 5.69 Å². The van der Waals surface area contributed by atoms with E-state index >= 15 is 0 Å². The quantitative estimate of drug-likeness (QED) is 0.549. The van der Waals surface area contributed by atoms with Crippen molar-refractivity contribution in [1.82, 2.24) is 20.8 Å². The molecule has 1 heterocycles. The van der Waals surface area contributed by atoms with Crippen molar-refractivity contribution < 1.29 is 9.59 Å². The van der Waals surface area contributed by atoms with E-state index in [2.05, 4.69) is 36.8 Å². The van der Waals surface area contributed by atoms with Gasteiger partial charge >= 0.3 is 0 Å². The summed E-state index contributed by atoms with van der Waals surface area (Å²) >= 11 is 3.42. The van der Waals surface area contributed by atoms with Crippen LogP contribution in [0.5, 0.6) is 0 Å². The lowest BCUT2D eigenvalue weighted by Gasteiger charge is -2.17. The van der Waals surface area contributed by atoms with Crippen LogP contribution in [0, 0.1) is 6.92 Å². The zero-order valence-electron chi connectivity index (χ0n) is 15.6. The Balaban J connectivity index is 1.76. The fraction of sp³-hybridized carbons (Fsp3) is 0.190. The Morgan fingerprint density at radius 3 is 2.64 bits per heavy atom. The van der Waals surface area contributed by atoms with Gasteiger partial charge in [0, 0.05) is 23.5 Å². The molecule has 3 N–H and O–H groups in total. The first-order chi connectivity index (χ1) is 13.5. The third kappa shape index (κ3) is 4.86. The lowest BCUT2D eigenvalue weighted by molar-refractivity contribution is -0.122. The number of carbonyl (C=O) groups is 2. The van der Waals surface area contributed by atoms with Gasteiger partial charge in [0.2, 0.25) is 5.91 Å². The van der Waals surface area contributed by atoms with Crippen LogP contribution in [0.4, 0.5) is 0 Å². The number of halogens is 1. The summed E-state index contributed by atoms with van der Waals surface area (Å²) in [5.74, 6) is -0.637. The maximum Gasteiger partial charge on any atom is 0.269 e. The van der Waals surface area contributed by atoms with E-state index in [0.717, 1.165) is 21.2 Å². The van der Waals surface area contributed by atoms with Crippen molar-refractivity contribution in [1.29, 1.82) is 0 Å². The number of hydrogen-bond acceptors (Lipinski definition) is 3. The minimum atomic E-state index is -0.697. The van der Waals surface area contributed by atoms with E-state index < -0.39 is 6.04 Å². The average molecular weight is 441 g/mol. The van der Waals surface area contributed by atoms with E-state index in [9.17, 15) is 9.59 Å². The first-order valence-electron chi connectivity index (χ1n) is 8.85. The fourth-order valence-electron chi connectivity index (χ4n) is 2.91. The van der Waals surface area contributed by atoms with Crippen molar-refractivity contribution in [3.63, 3.8) is 0 Å². The fourth-order valence-corrected chi connectivity index (χ4v) is 3.36. The highest BCUT2D eigenvalue weighted by atomic mass is 79.9. The molecule has 6 nitrogen and oxygen atoms in total. The van der Waals surface area contributed by atoms with Gasteiger partial charge in [0.15, 0.2) is 0 Å². The number of rotatable bonds is 6. The Morgan fingerprint density at radius 2 is 1.93 bits per heavy atom. The van der Waals surface area contributed by atoms with Gasteiger partial charge in [-0.2, -0.15) is 5.10 Å². The Kier molecular flexibility index (Phi) is 6.26. The summed E-state index contributed by atoms with van der Waals surface area (Å²) in [7, 11) is 1.55. The predicted octanol–water partition coefficient (Wildman–Crippen LogP) is 3.23. The van der Waals surface area contributed by atoms with Crippen molar-refractivity contribution in [2.45, 2.75) is 19.4 Å². The molecule has 0 aliphatic carbocycles. The van der Waals surface area contributed by atoms with E-state index in [4.69, 9.17) is 0 Å². The molecule has 0 unspecified atom stereocenters. The highest BCUT2D eigenvalue weighted by Crippen LogP contribution is 2.19. The van der Waals surface area contributed by atoms with Crippen LogP contribution in [0.15, 0.2) is 59.1 Å². The van der Waals surface area contributed by atoms with Gasteiger partial charge in [0.25, 0.3) is 5.91 Å². The molecule has 3 rings (SSSR count). The third-order valence-electron chi connectivity index (χ3n) is 4.33. The van der Waals surface area contributed by atoms with Crippen LogP contribution in [0.1, 0.15) is 21.6 Å². The predicted molar refractivity (Wildman–Crippen MR) is 112 cm³/mol. The number of likely N-dealkylation sites (N-methyl/N-ethyl adjacent to an activating group) is 1. The van der Waals surface area contributed by atoms with Gasteiger partial charge in [0.1, 0.15) is 11.7 Å². The molecule has 3 aromatic rings. The first kappa shape index (κ1) is 19.8. The molecule has 144 valence electrons. The highest BCUT2D eigenvalue weighted by molar-refractivity contribution is 9.10. The summed E-state index contributed by atoms with van der Waals surface area (Å²) in [6.45, 7) is 2.00. The topological polar surface area (TPSA) is 86.9 Å². The van der Waals surface area contributed by atoms with Gasteiger partial charge in [-0.3, -0.25) is 14.7 Å². The molecular formula is C21H21BrN4O2. The second kappa shape index (κ2) is 8.84. The molecule has 2 amide bonds. The van der Waals surface area contributed by atoms with Crippen LogP contribution in [0.2, 0.25) is 0 Å². The molecular weight excluding hydrogens is 420 g/mol. The first-order valence-corrected chi connectivity index (χ1v) is 9.65. The van der Waals surface area contributed by atoms with E-state index in [0.29, 0.717) is 17.8 Å². The zero-order chi connectivity index (χ0) is 20.1. The molecule has 0 aliphatic rings. The van der Waals surface area contributed by atoms with Crippen molar-refractivity contribution >= 4 is 27.7 Å². The number of nitrogens with zero attached hydrogens (tertiary/aromatic N) is 1. The molecule has 0 fully saturated rings. The molecule has 1 atom stereocenters. The van der Waals surface area contributed by atoms with Gasteiger partial charge in [-0.25, -0.2) is 0 Å². The molecule has 1 aromatic heterocycles. The number of carbonyl (C=O) groups excluding carboxylic acids is 2. The van der Waals surface area contributed by atoms with Crippen LogP contribution >= 0.6 is 15.9 Å². The molecule has 0 spiro atoms. The van der Waals surface area contributed by atoms with Gasteiger partial charge in [-0.15, -0.1) is 0 Å². The van der Waals surface area contributed by atoms with Crippen LogP contribution in [0.25, 0.3) is 11.3 Å². The molecule has 28 heavy (non-hydrogen) atoms. The van der Waals surface area contributed by atoms with Crippen molar-refractivity contribution in [2.24, 2.45) is 0 Å². The smallest absolute Gasteiger partial charge is 0.269 e. The summed E-state index contributed by atoms with van der Waals surface area (Å²) in [4.78, 5) is 24.9. The second-order valence-electron chi connectivity index (χ2n) is 6.51. The summed E-state index contributed by atoms with van der Waals surface area (Å²) in [5.41, 5.74) is 3.96. The van der Waals surface area contributed by atoms with Crippen LogP contribution in [0.3, 0.4) is 0 Å². The number of aromatic amines is 1. The summed E-state index contributed by atoms with van der Waals surface area (Å²) in [5, 5.41) is 12.4. The average Bonchev–Trinajstić information content (AvgIpc) is 3.17. The second-order valence-corrected chi connectivity index (χ2v) is 7.43. The largest absolute Gasteiger partial charge is 0.357 e. The summed E-state index contributed by atoms with van der Waals surface area (Å²) in [6, 6.07) is 16.5. The molecule has 0 saturated carbocycles. The Morgan fingerprint density at radius 1 is 1.14 bits per heavy atom. The molecule has 0 aliphatic heterocycles. The lowest BCUT2D eigenvalue weighted by Crippen LogP contribution is -2.47. The minimum absolute atomic E-state index is 0.258. The monoisotopic (exact) mass is 440 g/mol. The standard InChI is InChI=1S/C21H21BrN4O2/c1-13-5-3-7-15(9-13)17-12-19(26-25-17)21(28)24-18(20(27)23-2)11-14-6-4-8-16(22)10-14/h3-10,12,18H,11H2,1-2H3,(H,23,27)(H,24,28)(H,25,26)/t18-/m0/s1. The van der Waals surface area contributed by atoms with E-state index in [1.807, 2.05) is 55.5 Å². The van der Waals surface area contributed by atoms with Crippen LogP contribution < -0.4 is 10.6 Å². The maximum absolute atomic E-state index is 12.7. The van der Waals surface area contributed by atoms with E-state index in [1.165, 1.54) is 0 Å². The number of aromatic nitrogens is 2. The number of hydrogen-bond donors (Lipinski definition) is 3. The van der Waals surface area contributed by atoms with Gasteiger partial charge in [-0.05, 0) is 36.8 Å². The number of amides is 2. The Labute approximate surface area is 171 Å². The normalized spacial score (nSPS) is 11.7. The van der Waals surface area contributed by atoms with Crippen LogP contribution in [-0.4, -0.2) is 35.1 Å². The van der Waals surface area contributed by atoms with Gasteiger partial charge in [-0.1, -0.05) is 51.8 Å². The third-order valence-corrected chi connectivity index (χ3v) is 4.83. The zero-order valence-corrected chi connectivity index (χ0v) is 17.2. The van der Waals surface area contributed by atoms with E-state index in [-0.39, 0.29) is 11.8 Å². The van der Waals surface area contributed by atoms with Crippen molar-refractivity contribution in [2.75, 3.05) is 7.05 Å². The number of nitrogens with one attached hydrogen (secondary N) is 3. The lowest BCUT2D eigenvalue weighted by atomic mass is 10.0.